The molecule has 0 aromatic carbocycles. The highest BCUT2D eigenvalue weighted by Crippen LogP contribution is 2.06. The number of hydrogen-bond donors (Lipinski definition) is 0. The average Bonchev–Trinajstić information content (AvgIpc) is 2.36. The van der Waals surface area contributed by atoms with Crippen molar-refractivity contribution in [3.63, 3.8) is 0 Å². The third-order valence-electron chi connectivity index (χ3n) is 1.83. The fourth-order valence-corrected chi connectivity index (χ4v) is 0.936. The van der Waals surface area contributed by atoms with E-state index in [-0.39, 0.29) is 5.91 Å². The summed E-state index contributed by atoms with van der Waals surface area (Å²) in [6.07, 6.45) is 0. The summed E-state index contributed by atoms with van der Waals surface area (Å²) in [5, 5.41) is 7.82. The Morgan fingerprint density at radius 2 is 2.23 bits per heavy atom. The fraction of sp³-hybridized carbons (Fsp3) is 0.571. The van der Waals surface area contributed by atoms with Crippen LogP contribution in [0, 0.1) is 0 Å². The Kier molecular flexibility index (Phi) is 2.87. The molecule has 1 aromatic rings. The van der Waals surface area contributed by atoms with Crippen LogP contribution in [0.3, 0.4) is 0 Å². The third-order valence-corrected chi connectivity index (χ3v) is 2.16. The van der Waals surface area contributed by atoms with Gasteiger partial charge < -0.3 is 9.47 Å². The van der Waals surface area contributed by atoms with Crippen LogP contribution in [-0.2, 0) is 18.4 Å². The van der Waals surface area contributed by atoms with E-state index in [1.807, 2.05) is 0 Å². The summed E-state index contributed by atoms with van der Waals surface area (Å²) < 4.78 is 1.64. The van der Waals surface area contributed by atoms with Crippen molar-refractivity contribution in [2.45, 2.75) is 13.5 Å². The maximum Gasteiger partial charge on any atom is 0.224 e. The molecule has 1 aromatic heterocycles. The molecule has 0 aliphatic rings. The van der Waals surface area contributed by atoms with Crippen LogP contribution in [0.5, 0.6) is 0 Å². The molecule has 0 fully saturated rings. The maximum absolute atomic E-state index is 10.9. The monoisotopic (exact) mass is 202 g/mol. The minimum atomic E-state index is -0.0147. The van der Waals surface area contributed by atoms with E-state index in [9.17, 15) is 4.79 Å². The molecule has 0 radical (unpaired) electrons. The molecule has 6 heteroatoms. The van der Waals surface area contributed by atoms with Crippen molar-refractivity contribution >= 4 is 17.5 Å². The Hall–Kier alpha value is -1.10. The van der Waals surface area contributed by atoms with E-state index in [1.54, 1.807) is 23.6 Å². The van der Waals surface area contributed by atoms with Crippen molar-refractivity contribution in [1.82, 2.24) is 19.7 Å². The molecule has 0 unspecified atom stereocenters. The molecule has 0 atom stereocenters. The Balaban J connectivity index is 2.74. The molecule has 0 spiro atoms. The van der Waals surface area contributed by atoms with E-state index in [2.05, 4.69) is 10.2 Å². The van der Waals surface area contributed by atoms with Gasteiger partial charge in [-0.2, -0.15) is 0 Å². The van der Waals surface area contributed by atoms with Crippen molar-refractivity contribution in [3.05, 3.63) is 11.1 Å². The van der Waals surface area contributed by atoms with Crippen LogP contribution in [0.1, 0.15) is 12.7 Å². The minimum absolute atomic E-state index is 0.0147. The summed E-state index contributed by atoms with van der Waals surface area (Å²) in [4.78, 5) is 12.4. The van der Waals surface area contributed by atoms with E-state index in [0.717, 1.165) is 0 Å². The zero-order valence-electron chi connectivity index (χ0n) is 7.78. The SMILES string of the molecule is CC(=O)N(C)Cc1nnc(Cl)n1C. The van der Waals surface area contributed by atoms with Crippen LogP contribution in [0.25, 0.3) is 0 Å². The van der Waals surface area contributed by atoms with Gasteiger partial charge in [0.25, 0.3) is 0 Å². The number of rotatable bonds is 2. The maximum atomic E-state index is 10.9. The largest absolute Gasteiger partial charge is 0.338 e. The average molecular weight is 203 g/mol. The Bertz CT molecular complexity index is 322. The summed E-state index contributed by atoms with van der Waals surface area (Å²) in [6.45, 7) is 1.92. The minimum Gasteiger partial charge on any atom is -0.338 e. The third kappa shape index (κ3) is 2.18. The summed E-state index contributed by atoms with van der Waals surface area (Å²) in [6, 6.07) is 0. The first kappa shape index (κ1) is 9.98. The van der Waals surface area contributed by atoms with Crippen molar-refractivity contribution in [3.8, 4) is 0 Å². The predicted molar refractivity (Wildman–Crippen MR) is 48.2 cm³/mol. The van der Waals surface area contributed by atoms with Crippen LogP contribution in [0.15, 0.2) is 0 Å². The van der Waals surface area contributed by atoms with Gasteiger partial charge in [-0.05, 0) is 11.6 Å². The number of aromatic nitrogens is 3. The van der Waals surface area contributed by atoms with E-state index < -0.39 is 0 Å². The molecule has 5 nitrogen and oxygen atoms in total. The van der Waals surface area contributed by atoms with Crippen molar-refractivity contribution < 1.29 is 4.79 Å². The van der Waals surface area contributed by atoms with Crippen LogP contribution in [-0.4, -0.2) is 32.6 Å². The van der Waals surface area contributed by atoms with Gasteiger partial charge in [0, 0.05) is 21.0 Å². The number of carbonyl (C=O) groups is 1. The summed E-state index contributed by atoms with van der Waals surface area (Å²) in [5.74, 6) is 0.654. The zero-order valence-corrected chi connectivity index (χ0v) is 8.54. The lowest BCUT2D eigenvalue weighted by molar-refractivity contribution is -0.128. The quantitative estimate of drug-likeness (QED) is 0.700. The first-order valence-corrected chi connectivity index (χ1v) is 4.15. The topological polar surface area (TPSA) is 51.0 Å². The molecule has 0 saturated carbocycles. The standard InChI is InChI=1S/C7H11ClN4O/c1-5(13)11(2)4-6-9-10-7(8)12(6)3/h4H2,1-3H3. The molecular formula is C7H11ClN4O. The molecule has 13 heavy (non-hydrogen) atoms. The Morgan fingerprint density at radius 1 is 1.62 bits per heavy atom. The molecule has 0 N–H and O–H groups in total. The van der Waals surface area contributed by atoms with Crippen molar-refractivity contribution in [1.29, 1.82) is 0 Å². The smallest absolute Gasteiger partial charge is 0.224 e. The number of nitrogens with zero attached hydrogens (tertiary/aromatic N) is 4. The Labute approximate surface area is 81.3 Å². The van der Waals surface area contributed by atoms with Crippen molar-refractivity contribution in [2.24, 2.45) is 7.05 Å². The summed E-state index contributed by atoms with van der Waals surface area (Å²) in [5.41, 5.74) is 0. The fourth-order valence-electron chi connectivity index (χ4n) is 0.801. The van der Waals surface area contributed by atoms with E-state index in [4.69, 9.17) is 11.6 Å². The summed E-state index contributed by atoms with van der Waals surface area (Å²) >= 11 is 5.68. The van der Waals surface area contributed by atoms with Crippen LogP contribution in [0.2, 0.25) is 5.28 Å². The molecule has 0 bridgehead atoms. The molecule has 0 aliphatic heterocycles. The van der Waals surface area contributed by atoms with Gasteiger partial charge in [-0.1, -0.05) is 0 Å². The molecule has 1 rings (SSSR count). The van der Waals surface area contributed by atoms with Gasteiger partial charge in [0.15, 0.2) is 5.82 Å². The number of hydrogen-bond acceptors (Lipinski definition) is 3. The highest BCUT2D eigenvalue weighted by atomic mass is 35.5. The van der Waals surface area contributed by atoms with Gasteiger partial charge in [-0.15, -0.1) is 10.2 Å². The van der Waals surface area contributed by atoms with Crippen molar-refractivity contribution in [2.75, 3.05) is 7.05 Å². The molecule has 0 saturated heterocycles. The lowest BCUT2D eigenvalue weighted by Gasteiger charge is -2.13. The van der Waals surface area contributed by atoms with Gasteiger partial charge in [0.05, 0.1) is 6.54 Å². The van der Waals surface area contributed by atoms with Gasteiger partial charge >= 0.3 is 0 Å². The number of amides is 1. The van der Waals surface area contributed by atoms with Crippen LogP contribution < -0.4 is 0 Å². The van der Waals surface area contributed by atoms with Crippen LogP contribution in [0.4, 0.5) is 0 Å². The lowest BCUT2D eigenvalue weighted by Crippen LogP contribution is -2.24. The van der Waals surface area contributed by atoms with E-state index >= 15 is 0 Å². The first-order chi connectivity index (χ1) is 6.02. The summed E-state index contributed by atoms with van der Waals surface area (Å²) in [7, 11) is 3.45. The molecule has 1 amide bonds. The van der Waals surface area contributed by atoms with E-state index in [0.29, 0.717) is 17.7 Å². The second-order valence-corrected chi connectivity index (χ2v) is 3.16. The highest BCUT2D eigenvalue weighted by Gasteiger charge is 2.10. The van der Waals surface area contributed by atoms with Gasteiger partial charge in [-0.3, -0.25) is 4.79 Å². The molecule has 1 heterocycles. The Morgan fingerprint density at radius 3 is 2.62 bits per heavy atom. The molecule has 0 aliphatic carbocycles. The predicted octanol–water partition coefficient (Wildman–Crippen LogP) is 0.447. The van der Waals surface area contributed by atoms with Gasteiger partial charge in [0.2, 0.25) is 11.2 Å². The zero-order chi connectivity index (χ0) is 10.0. The van der Waals surface area contributed by atoms with E-state index in [1.165, 1.54) is 6.92 Å². The van der Waals surface area contributed by atoms with Gasteiger partial charge in [0.1, 0.15) is 0 Å². The van der Waals surface area contributed by atoms with Gasteiger partial charge in [-0.25, -0.2) is 0 Å². The second kappa shape index (κ2) is 3.74. The highest BCUT2D eigenvalue weighted by molar-refractivity contribution is 6.28. The molecular weight excluding hydrogens is 192 g/mol. The number of carbonyl (C=O) groups excluding carboxylic acids is 1. The lowest BCUT2D eigenvalue weighted by atomic mass is 10.5. The first-order valence-electron chi connectivity index (χ1n) is 3.78. The molecule has 72 valence electrons. The second-order valence-electron chi connectivity index (χ2n) is 2.82. The number of halogens is 1. The van der Waals surface area contributed by atoms with Crippen LogP contribution >= 0.6 is 11.6 Å². The normalized spacial score (nSPS) is 10.2.